The van der Waals surface area contributed by atoms with Crippen LogP contribution in [0.5, 0.6) is 74.7 Å². The van der Waals surface area contributed by atoms with Gasteiger partial charge in [-0.25, -0.2) is 0 Å². The molecule has 344 valence electrons. The van der Waals surface area contributed by atoms with Crippen LogP contribution in [0.15, 0.2) is 75.9 Å². The molecule has 24 nitrogen and oxygen atoms in total. The van der Waals surface area contributed by atoms with Gasteiger partial charge in [0.15, 0.2) is 63.1 Å². The molecule has 0 amide bonds. The fourth-order valence-electron chi connectivity index (χ4n) is 7.80. The maximum absolute atomic E-state index is 15.1. The Labute approximate surface area is 363 Å². The van der Waals surface area contributed by atoms with Crippen molar-refractivity contribution in [2.24, 2.45) is 0 Å². The van der Waals surface area contributed by atoms with E-state index in [1.54, 1.807) is 0 Å². The van der Waals surface area contributed by atoms with Crippen LogP contribution in [0, 0.1) is 0 Å². The maximum Gasteiger partial charge on any atom is 0.241 e. The van der Waals surface area contributed by atoms with Crippen molar-refractivity contribution in [3.63, 3.8) is 0 Å². The van der Waals surface area contributed by atoms with Gasteiger partial charge in [0.2, 0.25) is 45.5 Å². The molecule has 1 aliphatic heterocycles. The zero-order valence-corrected chi connectivity index (χ0v) is 32.6. The average molecular weight is 921 g/mol. The van der Waals surface area contributed by atoms with Crippen molar-refractivity contribution in [2.45, 2.75) is 28.7 Å². The summed E-state index contributed by atoms with van der Waals surface area (Å²) in [6.45, 7) is -1.98. The summed E-state index contributed by atoms with van der Waals surface area (Å²) in [7, 11) is 0. The van der Waals surface area contributed by atoms with Gasteiger partial charge in [-0.05, 0) is 60.7 Å². The third-order valence-electron chi connectivity index (χ3n) is 11.1. The molecular formula is C42H32O24. The SMILES string of the molecule is O=C(c1cc(O)c(O)c(O)c1)[C@@]1(O)[C@@](O)(C(=O)c2cc(O)c(O)c(O)c2)C(O)(c2c(O)cc3oc(-c4ccc(O)cc4)c(O)c(=O)c3c2O)O[C@H](CO)[C@@]1(O)C(=O)c1cc(O)c(O)c(O)c1. The molecule has 1 saturated heterocycles. The molecule has 0 aliphatic carbocycles. The van der Waals surface area contributed by atoms with Crippen LogP contribution in [0.2, 0.25) is 0 Å². The van der Waals surface area contributed by atoms with Gasteiger partial charge in [-0.3, -0.25) is 19.2 Å². The van der Waals surface area contributed by atoms with Gasteiger partial charge in [0.25, 0.3) is 0 Å². The number of Topliss-reactive ketones (excluding diaryl/α,β-unsaturated/α-hetero) is 3. The number of ether oxygens (including phenoxy) is 1. The first-order chi connectivity index (χ1) is 30.7. The van der Waals surface area contributed by atoms with E-state index >= 15 is 9.59 Å². The van der Waals surface area contributed by atoms with Crippen LogP contribution < -0.4 is 5.43 Å². The summed E-state index contributed by atoms with van der Waals surface area (Å²) in [5, 5.41) is 198. The number of benzene rings is 5. The topological polar surface area (TPSA) is 455 Å². The number of carbonyl (C=O) groups excluding carboxylic acids is 3. The molecule has 7 rings (SSSR count). The Morgan fingerprint density at radius 2 is 0.924 bits per heavy atom. The van der Waals surface area contributed by atoms with Gasteiger partial charge < -0.3 is 101 Å². The number of aliphatic hydroxyl groups is 5. The maximum atomic E-state index is 15.1. The van der Waals surface area contributed by atoms with Gasteiger partial charge in [0, 0.05) is 28.3 Å². The number of carbonyl (C=O) groups is 3. The molecule has 0 bridgehead atoms. The molecule has 66 heavy (non-hydrogen) atoms. The van der Waals surface area contributed by atoms with Crippen LogP contribution in [0.1, 0.15) is 36.6 Å². The Balaban J connectivity index is 1.66. The van der Waals surface area contributed by atoms with E-state index in [2.05, 4.69) is 0 Å². The zero-order chi connectivity index (χ0) is 48.9. The van der Waals surface area contributed by atoms with Gasteiger partial charge in [-0.15, -0.1) is 0 Å². The monoisotopic (exact) mass is 920 g/mol. The van der Waals surface area contributed by atoms with Crippen molar-refractivity contribution in [3.8, 4) is 86.1 Å². The Kier molecular flexibility index (Phi) is 10.4. The minimum Gasteiger partial charge on any atom is -0.508 e. The second-order valence-electron chi connectivity index (χ2n) is 14.8. The highest BCUT2D eigenvalue weighted by Gasteiger charge is 2.85. The molecule has 1 aromatic heterocycles. The van der Waals surface area contributed by atoms with E-state index in [1.807, 2.05) is 0 Å². The number of ketones is 3. The molecule has 0 saturated carbocycles. The van der Waals surface area contributed by atoms with Crippen molar-refractivity contribution in [1.29, 1.82) is 0 Å². The highest BCUT2D eigenvalue weighted by Crippen LogP contribution is 2.60. The number of aromatic hydroxyl groups is 13. The van der Waals surface area contributed by atoms with Crippen molar-refractivity contribution in [3.05, 3.63) is 99.2 Å². The summed E-state index contributed by atoms with van der Waals surface area (Å²) >= 11 is 0. The van der Waals surface area contributed by atoms with E-state index in [0.717, 1.165) is 24.3 Å². The first-order valence-electron chi connectivity index (χ1n) is 18.3. The summed E-state index contributed by atoms with van der Waals surface area (Å²) in [5.74, 6) is -30.6. The highest BCUT2D eigenvalue weighted by atomic mass is 16.7. The van der Waals surface area contributed by atoms with Gasteiger partial charge in [-0.1, -0.05) is 0 Å². The predicted octanol–water partition coefficient (Wildman–Crippen LogP) is 0.0110. The predicted molar refractivity (Wildman–Crippen MR) is 213 cm³/mol. The van der Waals surface area contributed by atoms with Crippen LogP contribution in [0.25, 0.3) is 22.3 Å². The molecule has 0 radical (unpaired) electrons. The molecule has 6 aromatic rings. The summed E-state index contributed by atoms with van der Waals surface area (Å²) < 4.78 is 11.0. The lowest BCUT2D eigenvalue weighted by Gasteiger charge is -2.61. The van der Waals surface area contributed by atoms with E-state index in [4.69, 9.17) is 9.15 Å². The number of hydrogen-bond donors (Lipinski definition) is 18. The molecule has 1 fully saturated rings. The molecule has 1 aliphatic rings. The smallest absolute Gasteiger partial charge is 0.241 e. The zero-order valence-electron chi connectivity index (χ0n) is 32.6. The van der Waals surface area contributed by atoms with E-state index in [9.17, 15) is 102 Å². The summed E-state index contributed by atoms with van der Waals surface area (Å²) in [4.78, 5) is 58.9. The van der Waals surface area contributed by atoms with Crippen LogP contribution in [-0.4, -0.2) is 139 Å². The lowest BCUT2D eigenvalue weighted by Crippen LogP contribution is -2.89. The first kappa shape index (κ1) is 45.5. The molecule has 5 atom stereocenters. The molecule has 18 N–H and O–H groups in total. The molecule has 2 heterocycles. The van der Waals surface area contributed by atoms with E-state index < -0.39 is 166 Å². The Bertz CT molecular complexity index is 3070. The minimum absolute atomic E-state index is 0.109. The van der Waals surface area contributed by atoms with E-state index in [-0.39, 0.29) is 47.7 Å². The van der Waals surface area contributed by atoms with Crippen LogP contribution >= 0.6 is 0 Å². The average Bonchev–Trinajstić information content (AvgIpc) is 3.27. The number of hydrogen-bond acceptors (Lipinski definition) is 24. The number of fused-ring (bicyclic) bond motifs is 1. The molecule has 24 heteroatoms. The second kappa shape index (κ2) is 15.0. The van der Waals surface area contributed by atoms with Crippen LogP contribution in [-0.2, 0) is 10.5 Å². The second-order valence-corrected chi connectivity index (χ2v) is 14.8. The largest absolute Gasteiger partial charge is 0.508 e. The lowest BCUT2D eigenvalue weighted by atomic mass is 9.55. The van der Waals surface area contributed by atoms with Gasteiger partial charge >= 0.3 is 0 Å². The molecule has 1 unspecified atom stereocenters. The van der Waals surface area contributed by atoms with Crippen molar-refractivity contribution >= 4 is 28.3 Å². The van der Waals surface area contributed by atoms with E-state index in [0.29, 0.717) is 6.07 Å². The van der Waals surface area contributed by atoms with Gasteiger partial charge in [0.1, 0.15) is 34.3 Å². The standard InChI is InChI=1S/C42H32O24/c43-12-26-39(61,36(58)14-5-19(46)29(52)20(47)6-14)40(62,37(59)15-7-21(48)30(53)22(49)8-15)41(63,38(60)16-9-23(50)31(54)24(51)10-16)42(64,66-26)28-18(45)11-25-27(32(28)55)33(56)34(57)35(65-25)13-1-3-17(44)4-2-13/h1-11,26,43-55,57,61-64H,12H2/t26-,39-,40+,41+,42?/m1/s1. The molecule has 5 aromatic carbocycles. The summed E-state index contributed by atoms with van der Waals surface area (Å²) in [6, 6.07) is 5.93. The number of rotatable bonds is 9. The van der Waals surface area contributed by atoms with E-state index in [1.165, 1.54) is 0 Å². The quantitative estimate of drug-likeness (QED) is 0.0671. The van der Waals surface area contributed by atoms with Crippen molar-refractivity contribution in [2.75, 3.05) is 6.61 Å². The number of aliphatic hydroxyl groups excluding tert-OH is 1. The highest BCUT2D eigenvalue weighted by molar-refractivity contribution is 6.19. The molecular weight excluding hydrogens is 888 g/mol. The Morgan fingerprint density at radius 3 is 1.35 bits per heavy atom. The fourth-order valence-corrected chi connectivity index (χ4v) is 7.80. The van der Waals surface area contributed by atoms with Crippen LogP contribution in [0.4, 0.5) is 0 Å². The minimum atomic E-state index is -5.18. The number of phenolic OH excluding ortho intramolecular Hbond substituents is 12. The first-order valence-corrected chi connectivity index (χ1v) is 18.3. The Hall–Kier alpha value is -8.52. The lowest BCUT2D eigenvalue weighted by molar-refractivity contribution is -0.408. The molecule has 0 spiro atoms. The van der Waals surface area contributed by atoms with Crippen molar-refractivity contribution < 1.29 is 115 Å². The third kappa shape index (κ3) is 6.01. The summed E-state index contributed by atoms with van der Waals surface area (Å²) in [6.07, 6.45) is -3.26. The Morgan fingerprint density at radius 1 is 0.515 bits per heavy atom. The third-order valence-corrected chi connectivity index (χ3v) is 11.1. The van der Waals surface area contributed by atoms with Gasteiger partial charge in [0.05, 0.1) is 12.2 Å². The normalized spacial score (nSPS) is 22.8. The number of phenols is 12. The fraction of sp³-hybridized carbons (Fsp3) is 0.143. The van der Waals surface area contributed by atoms with Crippen molar-refractivity contribution in [1.82, 2.24) is 0 Å². The van der Waals surface area contributed by atoms with Crippen LogP contribution in [0.3, 0.4) is 0 Å². The summed E-state index contributed by atoms with van der Waals surface area (Å²) in [5.41, 5.74) is -23.7. The van der Waals surface area contributed by atoms with Gasteiger partial charge in [-0.2, -0.15) is 0 Å².